The molecule has 0 saturated carbocycles. The van der Waals surface area contributed by atoms with Crippen LogP contribution in [0.5, 0.6) is 11.5 Å². The summed E-state index contributed by atoms with van der Waals surface area (Å²) in [6.07, 6.45) is 2.92. The van der Waals surface area contributed by atoms with Crippen molar-refractivity contribution in [3.05, 3.63) is 185 Å². The van der Waals surface area contributed by atoms with E-state index >= 15 is 0 Å². The summed E-state index contributed by atoms with van der Waals surface area (Å²) in [4.78, 5) is 10.9. The molecule has 0 atom stereocenters. The Morgan fingerprint density at radius 1 is 0.600 bits per heavy atom. The molecule has 1 aliphatic heterocycles. The predicted molar refractivity (Wildman–Crippen MR) is 310 cm³/mol. The van der Waals surface area contributed by atoms with Crippen LogP contribution in [0.2, 0.25) is 0 Å². The van der Waals surface area contributed by atoms with Crippen LogP contribution in [0.1, 0.15) is 130 Å². The number of fused-ring (bicyclic) bond motifs is 4. The maximum Gasteiger partial charge on any atom is 0.148 e. The number of nitrogens with zero attached hydrogens (tertiary/aromatic N) is 3. The van der Waals surface area contributed by atoms with Gasteiger partial charge in [0.05, 0.1) is 28.0 Å². The summed E-state index contributed by atoms with van der Waals surface area (Å²) in [6.45, 7) is 33.3. The van der Waals surface area contributed by atoms with Crippen molar-refractivity contribution in [2.75, 3.05) is 0 Å². The van der Waals surface area contributed by atoms with Crippen molar-refractivity contribution >= 4 is 11.0 Å². The summed E-state index contributed by atoms with van der Waals surface area (Å²) >= 11 is 0. The van der Waals surface area contributed by atoms with E-state index in [1.54, 1.807) is 0 Å². The standard InChI is InChI=1S/C69H72N3O2.Pt/c1-42-34-43(41-65(2,3)4)28-30-49(42)45-32-33-70-58(37-45)54-36-46(35-53-51-24-19-20-26-56(51)69(14,15)74-63(53)54)50-25-21-27-60-61(50)71-64(55-39-48(67(8,9)10)40-57(62(55)73)68(11,12)13)72(60)59-31-29-47(66(5,6)7)38-52(59)44-22-17-16-18-23-44;/h16-35,37-40,73H,41H2,1-15H3;/q-1;. The number of para-hydroxylation sites is 1. The molecular formula is C69H72N3O2Pt-. The van der Waals surface area contributed by atoms with Gasteiger partial charge in [-0.1, -0.05) is 197 Å². The molecule has 0 spiro atoms. The maximum atomic E-state index is 12.7. The van der Waals surface area contributed by atoms with Gasteiger partial charge in [-0.3, -0.25) is 9.55 Å². The van der Waals surface area contributed by atoms with Gasteiger partial charge in [-0.15, -0.1) is 17.7 Å². The van der Waals surface area contributed by atoms with Crippen molar-refractivity contribution in [3.63, 3.8) is 0 Å². The van der Waals surface area contributed by atoms with E-state index < -0.39 is 5.60 Å². The molecule has 7 aromatic carbocycles. The Morgan fingerprint density at radius 3 is 1.96 bits per heavy atom. The van der Waals surface area contributed by atoms with Crippen LogP contribution in [0, 0.1) is 18.4 Å². The molecule has 1 N–H and O–H groups in total. The van der Waals surface area contributed by atoms with Crippen molar-refractivity contribution < 1.29 is 30.9 Å². The number of imidazole rings is 1. The monoisotopic (exact) mass is 1170 g/mol. The number of hydrogen-bond acceptors (Lipinski definition) is 4. The predicted octanol–water partition coefficient (Wildman–Crippen LogP) is 18.3. The number of rotatable bonds is 7. The van der Waals surface area contributed by atoms with Crippen LogP contribution in [-0.4, -0.2) is 19.6 Å². The molecule has 9 aromatic rings. The molecule has 0 bridgehead atoms. The van der Waals surface area contributed by atoms with Gasteiger partial charge in [0.1, 0.15) is 17.2 Å². The molecule has 75 heavy (non-hydrogen) atoms. The van der Waals surface area contributed by atoms with Crippen LogP contribution < -0.4 is 4.74 Å². The number of pyridine rings is 1. The zero-order valence-electron chi connectivity index (χ0n) is 46.6. The number of aromatic hydroxyl groups is 1. The maximum absolute atomic E-state index is 12.7. The van der Waals surface area contributed by atoms with Crippen molar-refractivity contribution in [2.45, 2.75) is 132 Å². The van der Waals surface area contributed by atoms with Gasteiger partial charge in [-0.25, -0.2) is 4.98 Å². The minimum atomic E-state index is -0.618. The van der Waals surface area contributed by atoms with Gasteiger partial charge in [-0.2, -0.15) is 0 Å². The minimum absolute atomic E-state index is 0. The van der Waals surface area contributed by atoms with E-state index in [9.17, 15) is 5.11 Å². The summed E-state index contributed by atoms with van der Waals surface area (Å²) in [6, 6.07) is 54.2. The van der Waals surface area contributed by atoms with Crippen molar-refractivity contribution in [2.24, 2.45) is 5.41 Å². The molecule has 2 aromatic heterocycles. The molecule has 3 heterocycles. The second-order valence-electron chi connectivity index (χ2n) is 25.5. The first kappa shape index (κ1) is 53.3. The van der Waals surface area contributed by atoms with Crippen LogP contribution in [0.4, 0.5) is 0 Å². The number of benzene rings is 7. The van der Waals surface area contributed by atoms with E-state index in [2.05, 4.69) is 254 Å². The first-order chi connectivity index (χ1) is 34.8. The Bertz CT molecular complexity index is 3650. The molecule has 0 fully saturated rings. The first-order valence-corrected chi connectivity index (χ1v) is 26.3. The molecule has 0 saturated heterocycles. The number of phenolic OH excluding ortho intramolecular Hbond substituents is 1. The third-order valence-electron chi connectivity index (χ3n) is 14.8. The summed E-state index contributed by atoms with van der Waals surface area (Å²) in [5.41, 5.74) is 19.0. The second kappa shape index (κ2) is 19.2. The van der Waals surface area contributed by atoms with Crippen LogP contribution in [-0.2, 0) is 49.3 Å². The number of phenols is 1. The summed E-state index contributed by atoms with van der Waals surface area (Å²) in [5.74, 6) is 1.65. The van der Waals surface area contributed by atoms with Crippen LogP contribution in [0.15, 0.2) is 146 Å². The fraction of sp³-hybridized carbons (Fsp3) is 0.304. The van der Waals surface area contributed by atoms with Crippen molar-refractivity contribution in [3.8, 4) is 84.3 Å². The average molecular weight is 1170 g/mol. The second-order valence-corrected chi connectivity index (χ2v) is 25.5. The zero-order chi connectivity index (χ0) is 52.9. The molecule has 1 aliphatic rings. The van der Waals surface area contributed by atoms with E-state index in [4.69, 9.17) is 14.7 Å². The molecular weight excluding hydrogens is 1100 g/mol. The van der Waals surface area contributed by atoms with Crippen LogP contribution >= 0.6 is 0 Å². The quantitative estimate of drug-likeness (QED) is 0.162. The van der Waals surface area contributed by atoms with Crippen molar-refractivity contribution in [1.82, 2.24) is 14.5 Å². The zero-order valence-corrected chi connectivity index (χ0v) is 48.8. The number of aromatic nitrogens is 3. The van der Waals surface area contributed by atoms with Gasteiger partial charge < -0.3 is 9.84 Å². The Hall–Kier alpha value is -6.55. The van der Waals surface area contributed by atoms with Gasteiger partial charge in [0.25, 0.3) is 0 Å². The fourth-order valence-electron chi connectivity index (χ4n) is 10.9. The van der Waals surface area contributed by atoms with E-state index in [1.165, 1.54) is 22.3 Å². The van der Waals surface area contributed by atoms with E-state index in [1.807, 2.05) is 6.20 Å². The number of aryl methyl sites for hydroxylation is 1. The molecule has 10 rings (SSSR count). The molecule has 0 unspecified atom stereocenters. The minimum Gasteiger partial charge on any atom is -0.518 e. The molecule has 386 valence electrons. The smallest absolute Gasteiger partial charge is 0.148 e. The Morgan fingerprint density at radius 2 is 1.28 bits per heavy atom. The first-order valence-electron chi connectivity index (χ1n) is 26.3. The Kier molecular flexibility index (Phi) is 13.7. The third kappa shape index (κ3) is 10.2. The Labute approximate surface area is 460 Å². The molecule has 0 radical (unpaired) electrons. The Balaban J connectivity index is 0.00000689. The van der Waals surface area contributed by atoms with Crippen LogP contribution in [0.3, 0.4) is 0 Å². The summed E-state index contributed by atoms with van der Waals surface area (Å²) < 4.78 is 9.42. The fourth-order valence-corrected chi connectivity index (χ4v) is 10.9. The van der Waals surface area contributed by atoms with Gasteiger partial charge in [0, 0.05) is 49.6 Å². The molecule has 5 nitrogen and oxygen atoms in total. The molecule has 6 heteroatoms. The topological polar surface area (TPSA) is 60.2 Å². The molecule has 0 amide bonds. The van der Waals surface area contributed by atoms with E-state index in [-0.39, 0.29) is 48.5 Å². The van der Waals surface area contributed by atoms with E-state index in [0.29, 0.717) is 11.4 Å². The number of hydrogen-bond donors (Lipinski definition) is 1. The summed E-state index contributed by atoms with van der Waals surface area (Å²) in [7, 11) is 0. The van der Waals surface area contributed by atoms with Gasteiger partial charge in [0.15, 0.2) is 0 Å². The van der Waals surface area contributed by atoms with Crippen molar-refractivity contribution in [1.29, 1.82) is 0 Å². The number of ether oxygens (including phenoxy) is 1. The average Bonchev–Trinajstić information content (AvgIpc) is 3.72. The SMILES string of the molecule is Cc1cc(CC(C)(C)C)ccc1-c1ccnc(-c2[c-]c(-c3cccc4c3nc(-c3cc(C(C)(C)C)cc(C(C)(C)C)c3O)n4-c3ccc(C(C)(C)C)cc3-c3ccccc3)cc3c2OC(C)(C)c2ccccc2-3)c1.[Pt]. The largest absolute Gasteiger partial charge is 0.518 e. The van der Waals surface area contributed by atoms with Gasteiger partial charge in [0.2, 0.25) is 0 Å². The van der Waals surface area contributed by atoms with E-state index in [0.717, 1.165) is 95.8 Å². The molecule has 0 aliphatic carbocycles. The summed E-state index contributed by atoms with van der Waals surface area (Å²) in [5, 5.41) is 12.7. The van der Waals surface area contributed by atoms with Crippen LogP contribution in [0.25, 0.3) is 83.9 Å². The van der Waals surface area contributed by atoms with Gasteiger partial charge in [-0.05, 0) is 129 Å². The van der Waals surface area contributed by atoms with Gasteiger partial charge >= 0.3 is 0 Å². The third-order valence-corrected chi connectivity index (χ3v) is 14.8. The normalized spacial score (nSPS) is 13.5.